The van der Waals surface area contributed by atoms with Crippen LogP contribution in [0.25, 0.3) is 11.1 Å². The minimum absolute atomic E-state index is 0.289. The van der Waals surface area contributed by atoms with Gasteiger partial charge in [0, 0.05) is 0 Å². The average molecular weight is 451 g/mol. The maximum atomic E-state index is 6.11. The molecule has 2 aromatic rings. The van der Waals surface area contributed by atoms with E-state index in [1.54, 1.807) is 0 Å². The number of aryl methyl sites for hydroxylation is 1. The van der Waals surface area contributed by atoms with Crippen LogP contribution in [0.15, 0.2) is 48.5 Å². The fourth-order valence-electron chi connectivity index (χ4n) is 4.47. The number of hydrogen-bond acceptors (Lipinski definition) is 1. The fourth-order valence-corrected chi connectivity index (χ4v) is 4.47. The van der Waals surface area contributed by atoms with Gasteiger partial charge < -0.3 is 4.74 Å². The zero-order valence-corrected chi connectivity index (χ0v) is 22.1. The summed E-state index contributed by atoms with van der Waals surface area (Å²) < 4.78 is 6.11. The lowest BCUT2D eigenvalue weighted by molar-refractivity contribution is 0.206. The van der Waals surface area contributed by atoms with Gasteiger partial charge in [-0.05, 0) is 67.3 Å². The zero-order valence-electron chi connectivity index (χ0n) is 22.1. The molecule has 0 aliphatic carbocycles. The van der Waals surface area contributed by atoms with Crippen molar-refractivity contribution < 1.29 is 4.74 Å². The molecule has 0 amide bonds. The maximum absolute atomic E-state index is 6.11. The highest BCUT2D eigenvalue weighted by Crippen LogP contribution is 2.24. The first kappa shape index (κ1) is 27.5. The Balaban J connectivity index is 1.65. The summed E-state index contributed by atoms with van der Waals surface area (Å²) in [6, 6.07) is 17.8. The molecular formula is C32H50O. The van der Waals surface area contributed by atoms with Crippen LogP contribution in [-0.4, -0.2) is 6.10 Å². The largest absolute Gasteiger partial charge is 0.491 e. The molecule has 0 saturated carbocycles. The first-order valence-electron chi connectivity index (χ1n) is 14.0. The quantitative estimate of drug-likeness (QED) is 0.205. The van der Waals surface area contributed by atoms with E-state index in [9.17, 15) is 0 Å². The molecule has 33 heavy (non-hydrogen) atoms. The smallest absolute Gasteiger partial charge is 0.119 e. The Morgan fingerprint density at radius 2 is 1.15 bits per heavy atom. The van der Waals surface area contributed by atoms with Crippen LogP contribution in [0, 0.1) is 5.92 Å². The van der Waals surface area contributed by atoms with Crippen LogP contribution in [0.4, 0.5) is 0 Å². The Morgan fingerprint density at radius 1 is 0.606 bits per heavy atom. The second-order valence-corrected chi connectivity index (χ2v) is 10.2. The summed E-state index contributed by atoms with van der Waals surface area (Å²) in [5.41, 5.74) is 4.02. The minimum atomic E-state index is 0.289. The summed E-state index contributed by atoms with van der Waals surface area (Å²) >= 11 is 0. The number of unbranched alkanes of at least 4 members (excludes halogenated alkanes) is 8. The van der Waals surface area contributed by atoms with Gasteiger partial charge in [-0.25, -0.2) is 0 Å². The monoisotopic (exact) mass is 450 g/mol. The summed E-state index contributed by atoms with van der Waals surface area (Å²) in [7, 11) is 0. The van der Waals surface area contributed by atoms with Crippen molar-refractivity contribution in [2.24, 2.45) is 5.92 Å². The molecule has 0 fully saturated rings. The zero-order chi connectivity index (χ0) is 23.7. The number of rotatable bonds is 18. The summed E-state index contributed by atoms with van der Waals surface area (Å²) in [5.74, 6) is 1.89. The van der Waals surface area contributed by atoms with E-state index in [-0.39, 0.29) is 6.10 Å². The van der Waals surface area contributed by atoms with E-state index in [1.807, 2.05) is 0 Å². The van der Waals surface area contributed by atoms with Gasteiger partial charge >= 0.3 is 0 Å². The Bertz CT molecular complexity index is 715. The van der Waals surface area contributed by atoms with Gasteiger partial charge in [0.25, 0.3) is 0 Å². The van der Waals surface area contributed by atoms with E-state index < -0.39 is 0 Å². The van der Waals surface area contributed by atoms with Crippen molar-refractivity contribution in [3.63, 3.8) is 0 Å². The summed E-state index contributed by atoms with van der Waals surface area (Å²) in [6.45, 7) is 9.13. The van der Waals surface area contributed by atoms with Crippen LogP contribution in [0.1, 0.15) is 117 Å². The van der Waals surface area contributed by atoms with Gasteiger partial charge in [0.15, 0.2) is 0 Å². The third-order valence-corrected chi connectivity index (χ3v) is 7.05. The number of benzene rings is 2. The normalized spacial score (nSPS) is 13.1. The second-order valence-electron chi connectivity index (χ2n) is 10.2. The Hall–Kier alpha value is -1.76. The lowest BCUT2D eigenvalue weighted by atomic mass is 9.99. The molecular weight excluding hydrogens is 400 g/mol. The first-order valence-corrected chi connectivity index (χ1v) is 14.0. The molecule has 2 atom stereocenters. The van der Waals surface area contributed by atoms with Gasteiger partial charge in [0.2, 0.25) is 0 Å². The first-order chi connectivity index (χ1) is 16.1. The molecule has 1 nitrogen and oxygen atoms in total. The predicted molar refractivity (Wildman–Crippen MR) is 146 cm³/mol. The number of hydrogen-bond donors (Lipinski definition) is 0. The molecule has 0 saturated heterocycles. The Morgan fingerprint density at radius 3 is 1.79 bits per heavy atom. The van der Waals surface area contributed by atoms with E-state index in [1.165, 1.54) is 100 Å². The molecule has 0 aliphatic rings. The lowest BCUT2D eigenvalue weighted by Crippen LogP contribution is -2.11. The summed E-state index contributed by atoms with van der Waals surface area (Å²) in [6.07, 6.45) is 18.9. The van der Waals surface area contributed by atoms with Crippen LogP contribution in [0.2, 0.25) is 0 Å². The predicted octanol–water partition coefficient (Wildman–Crippen LogP) is 10.4. The van der Waals surface area contributed by atoms with Gasteiger partial charge in [0.05, 0.1) is 6.10 Å². The minimum Gasteiger partial charge on any atom is -0.491 e. The molecule has 0 heterocycles. The van der Waals surface area contributed by atoms with Crippen LogP contribution in [-0.2, 0) is 6.42 Å². The van der Waals surface area contributed by atoms with Crippen molar-refractivity contribution in [2.75, 3.05) is 0 Å². The van der Waals surface area contributed by atoms with Crippen molar-refractivity contribution in [1.82, 2.24) is 0 Å². The van der Waals surface area contributed by atoms with Gasteiger partial charge in [-0.2, -0.15) is 0 Å². The van der Waals surface area contributed by atoms with E-state index in [4.69, 9.17) is 4.74 Å². The van der Waals surface area contributed by atoms with Crippen molar-refractivity contribution in [1.29, 1.82) is 0 Å². The molecule has 0 bridgehead atoms. The molecule has 1 heteroatoms. The van der Waals surface area contributed by atoms with Crippen molar-refractivity contribution in [3.05, 3.63) is 54.1 Å². The molecule has 1 unspecified atom stereocenters. The molecule has 2 aromatic carbocycles. The highest BCUT2D eigenvalue weighted by Gasteiger charge is 2.05. The summed E-state index contributed by atoms with van der Waals surface area (Å²) in [5, 5.41) is 0. The highest BCUT2D eigenvalue weighted by molar-refractivity contribution is 5.64. The molecule has 2 rings (SSSR count). The average Bonchev–Trinajstić information content (AvgIpc) is 2.84. The van der Waals surface area contributed by atoms with Crippen molar-refractivity contribution in [2.45, 2.75) is 124 Å². The fraction of sp³-hybridized carbons (Fsp3) is 0.625. The maximum Gasteiger partial charge on any atom is 0.119 e. The molecule has 0 aliphatic heterocycles. The van der Waals surface area contributed by atoms with Gasteiger partial charge in [-0.1, -0.05) is 121 Å². The Kier molecular flexibility index (Phi) is 14.0. The molecule has 0 aromatic heterocycles. The molecule has 0 radical (unpaired) electrons. The van der Waals surface area contributed by atoms with Crippen molar-refractivity contribution >= 4 is 0 Å². The molecule has 0 spiro atoms. The van der Waals surface area contributed by atoms with Gasteiger partial charge in [-0.15, -0.1) is 0 Å². The lowest BCUT2D eigenvalue weighted by Gasteiger charge is -2.15. The topological polar surface area (TPSA) is 9.23 Å². The van der Waals surface area contributed by atoms with E-state index >= 15 is 0 Å². The van der Waals surface area contributed by atoms with E-state index in [0.717, 1.165) is 18.1 Å². The summed E-state index contributed by atoms with van der Waals surface area (Å²) in [4.78, 5) is 0. The highest BCUT2D eigenvalue weighted by atomic mass is 16.5. The standard InChI is InChI=1S/C32H50O/c1-5-7-8-14-17-28(4)33-32-25-23-31(24-26-32)30-21-19-29(20-22-30)18-15-12-10-9-11-13-16-27(3)6-2/h19-28H,5-18H2,1-4H3/t27?,28-/m1/s1. The number of ether oxygens (including phenoxy) is 1. The van der Waals surface area contributed by atoms with Crippen LogP contribution < -0.4 is 4.74 Å². The van der Waals surface area contributed by atoms with Gasteiger partial charge in [-0.3, -0.25) is 0 Å². The van der Waals surface area contributed by atoms with Crippen LogP contribution >= 0.6 is 0 Å². The van der Waals surface area contributed by atoms with Crippen LogP contribution in [0.5, 0.6) is 5.75 Å². The van der Waals surface area contributed by atoms with Gasteiger partial charge in [0.1, 0.15) is 5.75 Å². The van der Waals surface area contributed by atoms with Crippen molar-refractivity contribution in [3.8, 4) is 16.9 Å². The van der Waals surface area contributed by atoms with Crippen LogP contribution in [0.3, 0.4) is 0 Å². The third kappa shape index (κ3) is 11.8. The Labute approximate surface area is 205 Å². The molecule has 0 N–H and O–H groups in total. The van der Waals surface area contributed by atoms with E-state index in [2.05, 4.69) is 76.2 Å². The second kappa shape index (κ2) is 16.8. The SMILES string of the molecule is CCCCCC[C@@H](C)Oc1ccc(-c2ccc(CCCCCCCCC(C)CC)cc2)cc1. The third-order valence-electron chi connectivity index (χ3n) is 7.05. The van der Waals surface area contributed by atoms with E-state index in [0.29, 0.717) is 0 Å². The molecule has 184 valence electrons.